The van der Waals surface area contributed by atoms with E-state index in [1.165, 1.54) is 16.3 Å². The Balaban J connectivity index is 2.32. The summed E-state index contributed by atoms with van der Waals surface area (Å²) in [6.45, 7) is 2.17. The number of hydrogen-bond acceptors (Lipinski definition) is 3. The summed E-state index contributed by atoms with van der Waals surface area (Å²) in [6.07, 6.45) is 6.30. The third-order valence-electron chi connectivity index (χ3n) is 4.49. The standard InChI is InChI=1S/C18H25NO6P2/c1-3-4-6-15-8-10-16(11-9-15)17-7-5-12-19(13-17)14-18(20,26(2,21)22)27(23,24)25/h5,7-13,20H,3-4,6,14H2,1-2H3,(H2-,21,22,23,24,25)/p+1. The molecule has 27 heavy (non-hydrogen) atoms. The molecule has 0 amide bonds. The van der Waals surface area contributed by atoms with Crippen LogP contribution in [0.4, 0.5) is 0 Å². The number of hydrogen-bond donors (Lipinski definition) is 4. The molecule has 0 aliphatic heterocycles. The number of aryl methyl sites for hydroxylation is 1. The van der Waals surface area contributed by atoms with Gasteiger partial charge >= 0.3 is 12.7 Å². The highest BCUT2D eigenvalue weighted by Crippen LogP contribution is 2.67. The Kier molecular flexibility index (Phi) is 6.80. The Bertz CT molecular complexity index is 850. The third kappa shape index (κ3) is 5.14. The van der Waals surface area contributed by atoms with Crippen LogP contribution in [0.25, 0.3) is 11.1 Å². The molecule has 0 fully saturated rings. The van der Waals surface area contributed by atoms with Crippen LogP contribution >= 0.6 is 15.0 Å². The molecule has 1 heterocycles. The predicted molar refractivity (Wildman–Crippen MR) is 103 cm³/mol. The largest absolute Gasteiger partial charge is 0.373 e. The van der Waals surface area contributed by atoms with E-state index >= 15 is 0 Å². The molecule has 0 saturated carbocycles. The summed E-state index contributed by atoms with van der Waals surface area (Å²) >= 11 is 0. The van der Waals surface area contributed by atoms with E-state index in [4.69, 9.17) is 0 Å². The predicted octanol–water partition coefficient (Wildman–Crippen LogP) is 2.71. The van der Waals surface area contributed by atoms with E-state index in [1.54, 1.807) is 12.3 Å². The molecule has 1 aromatic heterocycles. The van der Waals surface area contributed by atoms with Crippen LogP contribution in [0.2, 0.25) is 0 Å². The fraction of sp³-hybridized carbons (Fsp3) is 0.389. The molecule has 0 radical (unpaired) electrons. The summed E-state index contributed by atoms with van der Waals surface area (Å²) in [5.41, 5.74) is 2.89. The zero-order chi connectivity index (χ0) is 20.3. The van der Waals surface area contributed by atoms with Crippen molar-refractivity contribution in [2.75, 3.05) is 6.66 Å². The van der Waals surface area contributed by atoms with Gasteiger partial charge in [-0.25, -0.2) is 4.57 Å². The minimum atomic E-state index is -5.26. The Labute approximate surface area is 158 Å². The number of benzene rings is 1. The Morgan fingerprint density at radius 3 is 2.19 bits per heavy atom. The van der Waals surface area contributed by atoms with Crippen molar-refractivity contribution in [2.24, 2.45) is 0 Å². The molecular formula is C18H26NO6P2+. The molecule has 7 nitrogen and oxygen atoms in total. The fourth-order valence-electron chi connectivity index (χ4n) is 2.75. The molecule has 9 heteroatoms. The van der Waals surface area contributed by atoms with E-state index in [-0.39, 0.29) is 0 Å². The van der Waals surface area contributed by atoms with E-state index < -0.39 is 26.6 Å². The molecule has 0 aliphatic rings. The maximum Gasteiger partial charge on any atom is 0.373 e. The first-order chi connectivity index (χ1) is 12.5. The van der Waals surface area contributed by atoms with Crippen molar-refractivity contribution in [3.05, 3.63) is 54.4 Å². The summed E-state index contributed by atoms with van der Waals surface area (Å²) < 4.78 is 25.0. The van der Waals surface area contributed by atoms with Gasteiger partial charge in [0.2, 0.25) is 7.37 Å². The van der Waals surface area contributed by atoms with Crippen LogP contribution < -0.4 is 4.57 Å². The molecule has 2 unspecified atom stereocenters. The van der Waals surface area contributed by atoms with E-state index in [9.17, 15) is 28.9 Å². The second-order valence-electron chi connectivity index (χ2n) is 6.76. The van der Waals surface area contributed by atoms with Crippen LogP contribution in [0, 0.1) is 0 Å². The Morgan fingerprint density at radius 1 is 1.04 bits per heavy atom. The van der Waals surface area contributed by atoms with Crippen molar-refractivity contribution < 1.29 is 33.5 Å². The lowest BCUT2D eigenvalue weighted by Crippen LogP contribution is -2.47. The minimum absolute atomic E-state index is 0.704. The van der Waals surface area contributed by atoms with Gasteiger partial charge in [-0.3, -0.25) is 9.13 Å². The molecule has 4 N–H and O–H groups in total. The topological polar surface area (TPSA) is 119 Å². The quantitative estimate of drug-likeness (QED) is 0.390. The molecular weight excluding hydrogens is 388 g/mol. The average Bonchev–Trinajstić information content (AvgIpc) is 2.58. The van der Waals surface area contributed by atoms with Gasteiger partial charge in [-0.15, -0.1) is 0 Å². The van der Waals surface area contributed by atoms with Gasteiger partial charge in [-0.1, -0.05) is 37.6 Å². The van der Waals surface area contributed by atoms with Gasteiger partial charge in [0.25, 0.3) is 0 Å². The smallest absolute Gasteiger partial charge is 0.365 e. The van der Waals surface area contributed by atoms with Crippen LogP contribution in [0.15, 0.2) is 48.8 Å². The SMILES string of the molecule is CCCCc1ccc(-c2ccc[n+](CC(O)(P(C)(=O)O)P(=O)(O)O)c2)cc1. The van der Waals surface area contributed by atoms with Crippen molar-refractivity contribution in [2.45, 2.75) is 37.8 Å². The molecule has 0 aliphatic carbocycles. The summed E-state index contributed by atoms with van der Waals surface area (Å²) in [5.74, 6) is 0. The molecule has 148 valence electrons. The fourth-order valence-corrected chi connectivity index (χ4v) is 5.45. The number of aromatic nitrogens is 1. The monoisotopic (exact) mass is 414 g/mol. The lowest BCUT2D eigenvalue weighted by atomic mass is 10.0. The lowest BCUT2D eigenvalue weighted by Gasteiger charge is -2.27. The van der Waals surface area contributed by atoms with Gasteiger partial charge in [0.05, 0.1) is 0 Å². The molecule has 0 saturated heterocycles. The lowest BCUT2D eigenvalue weighted by molar-refractivity contribution is -0.702. The molecule has 0 bridgehead atoms. The first kappa shape index (κ1) is 22.0. The second-order valence-corrected chi connectivity index (χ2v) is 11.4. The van der Waals surface area contributed by atoms with Gasteiger partial charge in [-0.2, -0.15) is 0 Å². The van der Waals surface area contributed by atoms with Crippen LogP contribution in [0.5, 0.6) is 0 Å². The van der Waals surface area contributed by atoms with Crippen molar-refractivity contribution >= 4 is 15.0 Å². The second kappa shape index (κ2) is 8.36. The number of pyridine rings is 1. The van der Waals surface area contributed by atoms with Crippen LogP contribution in [-0.4, -0.2) is 31.5 Å². The average molecular weight is 414 g/mol. The summed E-state index contributed by atoms with van der Waals surface area (Å²) in [5, 5.41) is 7.27. The first-order valence-corrected chi connectivity index (χ1v) is 12.4. The molecule has 0 spiro atoms. The Morgan fingerprint density at radius 2 is 1.67 bits per heavy atom. The van der Waals surface area contributed by atoms with E-state index in [0.717, 1.165) is 37.1 Å². The highest BCUT2D eigenvalue weighted by Gasteiger charge is 2.60. The van der Waals surface area contributed by atoms with Crippen molar-refractivity contribution in [1.29, 1.82) is 0 Å². The zero-order valence-electron chi connectivity index (χ0n) is 15.4. The van der Waals surface area contributed by atoms with Crippen LogP contribution in [0.3, 0.4) is 0 Å². The van der Waals surface area contributed by atoms with Crippen molar-refractivity contribution in [3.8, 4) is 11.1 Å². The molecule has 2 rings (SSSR count). The summed E-state index contributed by atoms with van der Waals surface area (Å²) in [7, 11) is -9.77. The van der Waals surface area contributed by atoms with E-state index in [1.807, 2.05) is 30.3 Å². The number of rotatable bonds is 8. The van der Waals surface area contributed by atoms with Gasteiger partial charge < -0.3 is 19.8 Å². The molecule has 2 aromatic rings. The normalized spacial score (nSPS) is 16.5. The third-order valence-corrected chi connectivity index (χ3v) is 8.93. The van der Waals surface area contributed by atoms with E-state index in [0.29, 0.717) is 0 Å². The maximum atomic E-state index is 12.0. The van der Waals surface area contributed by atoms with Crippen LogP contribution in [0.1, 0.15) is 25.3 Å². The Hall–Kier alpha value is -1.33. The molecule has 2 atom stereocenters. The van der Waals surface area contributed by atoms with Gasteiger partial charge in [0.15, 0.2) is 18.9 Å². The number of aliphatic hydroxyl groups is 1. The van der Waals surface area contributed by atoms with E-state index in [2.05, 4.69) is 6.92 Å². The maximum absolute atomic E-state index is 12.0. The van der Waals surface area contributed by atoms with Gasteiger partial charge in [-0.05, 0) is 30.0 Å². The number of nitrogens with zero attached hydrogens (tertiary/aromatic N) is 1. The van der Waals surface area contributed by atoms with Gasteiger partial charge in [0, 0.05) is 18.3 Å². The molecule has 1 aromatic carbocycles. The summed E-state index contributed by atoms with van der Waals surface area (Å²) in [4.78, 5) is 28.6. The highest BCUT2D eigenvalue weighted by atomic mass is 31.2. The number of unbranched alkanes of at least 4 members (excludes halogenated alkanes) is 1. The van der Waals surface area contributed by atoms with Crippen molar-refractivity contribution in [3.63, 3.8) is 0 Å². The summed E-state index contributed by atoms with van der Waals surface area (Å²) in [6, 6.07) is 11.4. The zero-order valence-corrected chi connectivity index (χ0v) is 17.2. The highest BCUT2D eigenvalue weighted by molar-refractivity contribution is 7.74. The first-order valence-electron chi connectivity index (χ1n) is 8.65. The van der Waals surface area contributed by atoms with Gasteiger partial charge in [0.1, 0.15) is 0 Å². The minimum Gasteiger partial charge on any atom is -0.365 e. The van der Waals surface area contributed by atoms with Crippen LogP contribution in [-0.2, 0) is 22.1 Å². The van der Waals surface area contributed by atoms with Crippen molar-refractivity contribution in [1.82, 2.24) is 0 Å².